The normalized spacial score (nSPS) is 15.5. The van der Waals surface area contributed by atoms with Crippen LogP contribution < -0.4 is 5.32 Å². The molecule has 1 N–H and O–H groups in total. The first-order chi connectivity index (χ1) is 12.0. The summed E-state index contributed by atoms with van der Waals surface area (Å²) >= 11 is 1.25. The maximum absolute atomic E-state index is 12.3. The SMILES string of the molecule is O=C1CSc2ncc(C(=O)ON3C(=O)c4ccccc4C3=O)cc2N1. The van der Waals surface area contributed by atoms with E-state index in [1.165, 1.54) is 36.2 Å². The number of carbonyl (C=O) groups excluding carboxylic acids is 4. The third-order valence-corrected chi connectivity index (χ3v) is 4.64. The summed E-state index contributed by atoms with van der Waals surface area (Å²) in [5.41, 5.74) is 0.747. The smallest absolute Gasteiger partial charge is 0.324 e. The highest BCUT2D eigenvalue weighted by molar-refractivity contribution is 8.00. The minimum Gasteiger partial charge on any atom is -0.324 e. The lowest BCUT2D eigenvalue weighted by atomic mass is 10.1. The van der Waals surface area contributed by atoms with Gasteiger partial charge in [0.05, 0.1) is 28.1 Å². The number of rotatable bonds is 2. The van der Waals surface area contributed by atoms with Crippen molar-refractivity contribution < 1.29 is 24.0 Å². The number of nitrogens with one attached hydrogen (secondary N) is 1. The lowest BCUT2D eigenvalue weighted by Crippen LogP contribution is -2.32. The Balaban J connectivity index is 1.57. The van der Waals surface area contributed by atoms with Crippen LogP contribution in [0.4, 0.5) is 5.69 Å². The zero-order chi connectivity index (χ0) is 17.6. The molecule has 2 aromatic rings. The summed E-state index contributed by atoms with van der Waals surface area (Å²) < 4.78 is 0. The largest absolute Gasteiger partial charge is 0.365 e. The van der Waals surface area contributed by atoms with Crippen molar-refractivity contribution in [2.75, 3.05) is 11.1 Å². The maximum Gasteiger partial charge on any atom is 0.365 e. The second-order valence-electron chi connectivity index (χ2n) is 5.24. The van der Waals surface area contributed by atoms with Crippen molar-refractivity contribution >= 4 is 41.1 Å². The van der Waals surface area contributed by atoms with E-state index in [4.69, 9.17) is 4.84 Å². The number of imide groups is 1. The summed E-state index contributed by atoms with van der Waals surface area (Å²) in [5.74, 6) is -2.29. The lowest BCUT2D eigenvalue weighted by Gasteiger charge is -2.16. The van der Waals surface area contributed by atoms with Gasteiger partial charge in [0.1, 0.15) is 5.03 Å². The first-order valence-electron chi connectivity index (χ1n) is 7.17. The number of nitrogens with zero attached hydrogens (tertiary/aromatic N) is 2. The van der Waals surface area contributed by atoms with Crippen LogP contribution in [0.5, 0.6) is 0 Å². The highest BCUT2D eigenvalue weighted by Crippen LogP contribution is 2.30. The van der Waals surface area contributed by atoms with E-state index in [1.807, 2.05) is 0 Å². The fourth-order valence-corrected chi connectivity index (χ4v) is 3.21. The van der Waals surface area contributed by atoms with Gasteiger partial charge < -0.3 is 10.2 Å². The fourth-order valence-electron chi connectivity index (χ4n) is 2.47. The average molecular weight is 355 g/mol. The van der Waals surface area contributed by atoms with E-state index in [0.29, 0.717) is 15.8 Å². The van der Waals surface area contributed by atoms with Crippen LogP contribution >= 0.6 is 11.8 Å². The molecule has 1 aromatic heterocycles. The molecule has 0 spiro atoms. The molecule has 124 valence electrons. The number of hydrogen-bond donors (Lipinski definition) is 1. The van der Waals surface area contributed by atoms with Gasteiger partial charge in [-0.2, -0.15) is 0 Å². The Kier molecular flexibility index (Phi) is 3.50. The zero-order valence-electron chi connectivity index (χ0n) is 12.5. The Morgan fingerprint density at radius 1 is 1.16 bits per heavy atom. The van der Waals surface area contributed by atoms with E-state index in [0.717, 1.165) is 0 Å². The molecule has 3 amide bonds. The number of fused-ring (bicyclic) bond motifs is 2. The molecule has 0 saturated carbocycles. The average Bonchev–Trinajstić information content (AvgIpc) is 2.86. The molecule has 0 bridgehead atoms. The van der Waals surface area contributed by atoms with Crippen LogP contribution in [-0.2, 0) is 9.63 Å². The van der Waals surface area contributed by atoms with Gasteiger partial charge in [-0.1, -0.05) is 29.0 Å². The number of amides is 3. The number of hydroxylamine groups is 2. The number of aromatic nitrogens is 1. The molecular weight excluding hydrogens is 346 g/mol. The van der Waals surface area contributed by atoms with Gasteiger partial charge in [-0.05, 0) is 18.2 Å². The Morgan fingerprint density at radius 3 is 2.52 bits per heavy atom. The van der Waals surface area contributed by atoms with Crippen molar-refractivity contribution in [3.8, 4) is 0 Å². The molecule has 0 unspecified atom stereocenters. The summed E-state index contributed by atoms with van der Waals surface area (Å²) in [4.78, 5) is 57.2. The summed E-state index contributed by atoms with van der Waals surface area (Å²) in [6, 6.07) is 7.59. The van der Waals surface area contributed by atoms with Crippen LogP contribution in [0.2, 0.25) is 0 Å². The second kappa shape index (κ2) is 5.71. The van der Waals surface area contributed by atoms with Crippen molar-refractivity contribution in [3.05, 3.63) is 53.2 Å². The zero-order valence-corrected chi connectivity index (χ0v) is 13.3. The van der Waals surface area contributed by atoms with E-state index in [-0.39, 0.29) is 28.4 Å². The van der Waals surface area contributed by atoms with E-state index >= 15 is 0 Å². The summed E-state index contributed by atoms with van der Waals surface area (Å²) in [5, 5.41) is 3.61. The summed E-state index contributed by atoms with van der Waals surface area (Å²) in [6.07, 6.45) is 1.27. The fraction of sp³-hybridized carbons (Fsp3) is 0.0625. The first-order valence-corrected chi connectivity index (χ1v) is 8.16. The van der Waals surface area contributed by atoms with Crippen LogP contribution in [0.15, 0.2) is 41.6 Å². The molecule has 0 aliphatic carbocycles. The van der Waals surface area contributed by atoms with E-state index in [9.17, 15) is 19.2 Å². The maximum atomic E-state index is 12.3. The van der Waals surface area contributed by atoms with Gasteiger partial charge in [-0.25, -0.2) is 9.78 Å². The van der Waals surface area contributed by atoms with Gasteiger partial charge >= 0.3 is 5.97 Å². The molecular formula is C16H9N3O5S. The number of benzene rings is 1. The third kappa shape index (κ3) is 2.54. The van der Waals surface area contributed by atoms with E-state index < -0.39 is 17.8 Å². The standard InChI is InChI=1S/C16H9N3O5S/c20-12-7-25-13-11(18-12)5-8(6-17-13)16(23)24-19-14(21)9-3-1-2-4-10(9)15(19)22/h1-6H,7H2,(H,18,20). The molecule has 1 aromatic carbocycles. The Labute approximate surface area is 145 Å². The van der Waals surface area contributed by atoms with E-state index in [1.54, 1.807) is 12.1 Å². The molecule has 9 heteroatoms. The first kappa shape index (κ1) is 15.3. The van der Waals surface area contributed by atoms with Crippen molar-refractivity contribution in [2.45, 2.75) is 5.03 Å². The van der Waals surface area contributed by atoms with Gasteiger partial charge in [0, 0.05) is 6.20 Å². The molecule has 2 aliphatic rings. The predicted molar refractivity (Wildman–Crippen MR) is 85.9 cm³/mol. The van der Waals surface area contributed by atoms with Crippen LogP contribution in [0, 0.1) is 0 Å². The Morgan fingerprint density at radius 2 is 1.84 bits per heavy atom. The van der Waals surface area contributed by atoms with E-state index in [2.05, 4.69) is 10.3 Å². The number of carbonyl (C=O) groups is 4. The predicted octanol–water partition coefficient (Wildman–Crippen LogP) is 1.49. The quantitative estimate of drug-likeness (QED) is 0.814. The topological polar surface area (TPSA) is 106 Å². The summed E-state index contributed by atoms with van der Waals surface area (Å²) in [7, 11) is 0. The molecule has 2 aliphatic heterocycles. The van der Waals surface area contributed by atoms with Gasteiger partial charge in [0.2, 0.25) is 5.91 Å². The number of hydrogen-bond acceptors (Lipinski definition) is 7. The molecule has 0 fully saturated rings. The van der Waals surface area contributed by atoms with Gasteiger partial charge in [0.25, 0.3) is 11.8 Å². The van der Waals surface area contributed by atoms with Crippen molar-refractivity contribution in [3.63, 3.8) is 0 Å². The monoisotopic (exact) mass is 355 g/mol. The van der Waals surface area contributed by atoms with Crippen molar-refractivity contribution in [1.29, 1.82) is 0 Å². The third-order valence-electron chi connectivity index (χ3n) is 3.63. The minimum absolute atomic E-state index is 0.0121. The summed E-state index contributed by atoms with van der Waals surface area (Å²) in [6.45, 7) is 0. The van der Waals surface area contributed by atoms with Crippen LogP contribution in [0.3, 0.4) is 0 Å². The van der Waals surface area contributed by atoms with Crippen LogP contribution in [0.1, 0.15) is 31.1 Å². The van der Waals surface area contributed by atoms with Gasteiger partial charge in [0.15, 0.2) is 0 Å². The molecule has 25 heavy (non-hydrogen) atoms. The Hall–Kier alpha value is -3.20. The number of pyridine rings is 1. The van der Waals surface area contributed by atoms with Crippen molar-refractivity contribution in [2.24, 2.45) is 0 Å². The van der Waals surface area contributed by atoms with Crippen molar-refractivity contribution in [1.82, 2.24) is 10.0 Å². The van der Waals surface area contributed by atoms with Gasteiger partial charge in [-0.3, -0.25) is 14.4 Å². The molecule has 0 saturated heterocycles. The van der Waals surface area contributed by atoms with Crippen LogP contribution in [-0.4, -0.2) is 39.5 Å². The molecule has 0 radical (unpaired) electrons. The number of thioether (sulfide) groups is 1. The van der Waals surface area contributed by atoms with Gasteiger partial charge in [-0.15, -0.1) is 0 Å². The Bertz CT molecular complexity index is 924. The molecule has 8 nitrogen and oxygen atoms in total. The molecule has 3 heterocycles. The van der Waals surface area contributed by atoms with Crippen LogP contribution in [0.25, 0.3) is 0 Å². The number of anilines is 1. The highest BCUT2D eigenvalue weighted by Gasteiger charge is 2.39. The minimum atomic E-state index is -0.922. The highest BCUT2D eigenvalue weighted by atomic mass is 32.2. The second-order valence-corrected chi connectivity index (χ2v) is 6.21. The lowest BCUT2D eigenvalue weighted by molar-refractivity contribution is -0.113. The molecule has 4 rings (SSSR count). The molecule has 0 atom stereocenters.